The van der Waals surface area contributed by atoms with Gasteiger partial charge >= 0.3 is 0 Å². The first-order valence-electron chi connectivity index (χ1n) is 7.79. The molecule has 26 heavy (non-hydrogen) atoms. The van der Waals surface area contributed by atoms with Gasteiger partial charge < -0.3 is 0 Å². The molecule has 136 valence electrons. The summed E-state index contributed by atoms with van der Waals surface area (Å²) in [5, 5.41) is 12.0. The van der Waals surface area contributed by atoms with Gasteiger partial charge in [-0.2, -0.15) is 22.3 Å². The summed E-state index contributed by atoms with van der Waals surface area (Å²) in [6.45, 7) is 0.612. The Bertz CT molecular complexity index is 974. The minimum Gasteiger partial charge on any atom is -0.298 e. The molecule has 1 aromatic heterocycles. The maximum atomic E-state index is 12.3. The molecular weight excluding hydrogens is 374 g/mol. The zero-order chi connectivity index (χ0) is 18.9. The SMILES string of the molecule is CN(C)S(=O)(=O)N1CCc2nc(NC(=O)c3ccc(C#N)cc3)sc2C1. The third-order valence-corrected chi connectivity index (χ3v) is 6.87. The molecule has 10 heteroatoms. The highest BCUT2D eigenvalue weighted by atomic mass is 32.2. The number of nitrogens with zero attached hydrogens (tertiary/aromatic N) is 4. The Morgan fingerprint density at radius 1 is 1.35 bits per heavy atom. The van der Waals surface area contributed by atoms with Gasteiger partial charge in [0.05, 0.1) is 23.9 Å². The fourth-order valence-electron chi connectivity index (χ4n) is 2.52. The van der Waals surface area contributed by atoms with Crippen LogP contribution in [0.25, 0.3) is 0 Å². The quantitative estimate of drug-likeness (QED) is 0.849. The van der Waals surface area contributed by atoms with E-state index >= 15 is 0 Å². The topological polar surface area (TPSA) is 106 Å². The van der Waals surface area contributed by atoms with E-state index in [0.29, 0.717) is 29.2 Å². The van der Waals surface area contributed by atoms with Crippen LogP contribution in [0, 0.1) is 11.3 Å². The van der Waals surface area contributed by atoms with Crippen LogP contribution in [-0.4, -0.2) is 48.6 Å². The molecule has 8 nitrogen and oxygen atoms in total. The van der Waals surface area contributed by atoms with E-state index in [4.69, 9.17) is 5.26 Å². The second kappa shape index (κ2) is 7.13. The number of rotatable bonds is 4. The van der Waals surface area contributed by atoms with Gasteiger partial charge in [0.2, 0.25) is 0 Å². The molecule has 0 aliphatic carbocycles. The number of hydrogen-bond donors (Lipinski definition) is 1. The average Bonchev–Trinajstić information content (AvgIpc) is 3.02. The van der Waals surface area contributed by atoms with Gasteiger partial charge in [0.25, 0.3) is 16.1 Å². The van der Waals surface area contributed by atoms with Gasteiger partial charge in [0, 0.05) is 37.5 Å². The molecule has 0 bridgehead atoms. The van der Waals surface area contributed by atoms with Gasteiger partial charge in [-0.05, 0) is 24.3 Å². The van der Waals surface area contributed by atoms with E-state index in [1.54, 1.807) is 24.3 Å². The van der Waals surface area contributed by atoms with Crippen molar-refractivity contribution in [2.24, 2.45) is 0 Å². The van der Waals surface area contributed by atoms with Crippen LogP contribution >= 0.6 is 11.3 Å². The first-order chi connectivity index (χ1) is 12.3. The molecule has 0 saturated heterocycles. The Morgan fingerprint density at radius 2 is 2.04 bits per heavy atom. The van der Waals surface area contributed by atoms with Gasteiger partial charge in [-0.15, -0.1) is 11.3 Å². The molecule has 1 aliphatic heterocycles. The lowest BCUT2D eigenvalue weighted by atomic mass is 10.1. The smallest absolute Gasteiger partial charge is 0.281 e. The molecule has 2 heterocycles. The van der Waals surface area contributed by atoms with Gasteiger partial charge in [-0.3, -0.25) is 10.1 Å². The normalized spacial score (nSPS) is 14.7. The zero-order valence-electron chi connectivity index (χ0n) is 14.3. The number of carbonyl (C=O) groups is 1. The van der Waals surface area contributed by atoms with E-state index in [-0.39, 0.29) is 12.5 Å². The Morgan fingerprint density at radius 3 is 2.65 bits per heavy atom. The lowest BCUT2D eigenvalue weighted by Gasteiger charge is -2.27. The minimum absolute atomic E-state index is 0.250. The molecule has 0 spiro atoms. The third kappa shape index (κ3) is 3.61. The number of nitriles is 1. The Hall–Kier alpha value is -2.32. The Labute approximate surface area is 155 Å². The van der Waals surface area contributed by atoms with Gasteiger partial charge in [0.15, 0.2) is 5.13 Å². The first kappa shape index (κ1) is 18.5. The monoisotopic (exact) mass is 391 g/mol. The highest BCUT2D eigenvalue weighted by molar-refractivity contribution is 7.86. The van der Waals surface area contributed by atoms with Crippen LogP contribution in [0.4, 0.5) is 5.13 Å². The van der Waals surface area contributed by atoms with Crippen LogP contribution in [0.15, 0.2) is 24.3 Å². The molecule has 0 atom stereocenters. The summed E-state index contributed by atoms with van der Waals surface area (Å²) in [5.41, 5.74) is 1.72. The molecule has 0 saturated carbocycles. The molecule has 0 fully saturated rings. The predicted octanol–water partition coefficient (Wildman–Crippen LogP) is 1.43. The van der Waals surface area contributed by atoms with Crippen LogP contribution < -0.4 is 5.32 Å². The number of thiazole rings is 1. The minimum atomic E-state index is -3.47. The summed E-state index contributed by atoms with van der Waals surface area (Å²) in [7, 11) is -0.473. The van der Waals surface area contributed by atoms with Crippen LogP contribution in [-0.2, 0) is 23.2 Å². The molecular formula is C16H17N5O3S2. The molecule has 1 amide bonds. The lowest BCUT2D eigenvalue weighted by Crippen LogP contribution is -2.42. The van der Waals surface area contributed by atoms with E-state index in [2.05, 4.69) is 10.3 Å². The van der Waals surface area contributed by atoms with Crippen molar-refractivity contribution < 1.29 is 13.2 Å². The number of aromatic nitrogens is 1. The van der Waals surface area contributed by atoms with Crippen LogP contribution in [0.2, 0.25) is 0 Å². The molecule has 1 aliphatic rings. The summed E-state index contributed by atoms with van der Waals surface area (Å²) in [4.78, 5) is 17.5. The van der Waals surface area contributed by atoms with Crippen molar-refractivity contribution in [1.29, 1.82) is 5.26 Å². The fourth-order valence-corrected chi connectivity index (χ4v) is 4.70. The third-order valence-electron chi connectivity index (χ3n) is 3.98. The summed E-state index contributed by atoms with van der Waals surface area (Å²) in [6, 6.07) is 8.30. The van der Waals surface area contributed by atoms with E-state index in [9.17, 15) is 13.2 Å². The van der Waals surface area contributed by atoms with Crippen molar-refractivity contribution in [2.45, 2.75) is 13.0 Å². The van der Waals surface area contributed by atoms with E-state index in [1.165, 1.54) is 34.0 Å². The molecule has 3 rings (SSSR count). The second-order valence-corrected chi connectivity index (χ2v) is 9.13. The maximum Gasteiger partial charge on any atom is 0.281 e. The van der Waals surface area contributed by atoms with Crippen molar-refractivity contribution in [3.63, 3.8) is 0 Å². The van der Waals surface area contributed by atoms with Crippen molar-refractivity contribution >= 4 is 32.6 Å². The molecule has 1 aromatic carbocycles. The van der Waals surface area contributed by atoms with Gasteiger partial charge in [-0.1, -0.05) is 0 Å². The van der Waals surface area contributed by atoms with Crippen molar-refractivity contribution in [3.8, 4) is 6.07 Å². The zero-order valence-corrected chi connectivity index (χ0v) is 15.9. The first-order valence-corrected chi connectivity index (χ1v) is 10.0. The van der Waals surface area contributed by atoms with Crippen LogP contribution in [0.1, 0.15) is 26.5 Å². The van der Waals surface area contributed by atoms with Gasteiger partial charge in [-0.25, -0.2) is 4.98 Å². The lowest BCUT2D eigenvalue weighted by molar-refractivity contribution is 0.102. The summed E-state index contributed by atoms with van der Waals surface area (Å²) >= 11 is 1.28. The van der Waals surface area contributed by atoms with Gasteiger partial charge in [0.1, 0.15) is 0 Å². The largest absolute Gasteiger partial charge is 0.298 e. The number of carbonyl (C=O) groups excluding carboxylic acids is 1. The number of benzene rings is 1. The number of fused-ring (bicyclic) bond motifs is 1. The highest BCUT2D eigenvalue weighted by Crippen LogP contribution is 2.30. The fraction of sp³-hybridized carbons (Fsp3) is 0.312. The highest BCUT2D eigenvalue weighted by Gasteiger charge is 2.30. The average molecular weight is 391 g/mol. The van der Waals surface area contributed by atoms with Crippen molar-refractivity contribution in [1.82, 2.24) is 13.6 Å². The van der Waals surface area contributed by atoms with E-state index in [1.807, 2.05) is 6.07 Å². The summed E-state index contributed by atoms with van der Waals surface area (Å²) < 4.78 is 27.1. The number of anilines is 1. The second-order valence-electron chi connectivity index (χ2n) is 5.91. The molecule has 2 aromatic rings. The van der Waals surface area contributed by atoms with Crippen molar-refractivity contribution in [3.05, 3.63) is 46.0 Å². The van der Waals surface area contributed by atoms with Crippen LogP contribution in [0.5, 0.6) is 0 Å². The van der Waals surface area contributed by atoms with Crippen LogP contribution in [0.3, 0.4) is 0 Å². The molecule has 1 N–H and O–H groups in total. The Balaban J connectivity index is 1.74. The van der Waals surface area contributed by atoms with E-state index in [0.717, 1.165) is 10.6 Å². The standard InChI is InChI=1S/C16H17N5O3S2/c1-20(2)26(23,24)21-8-7-13-14(10-21)25-16(18-13)19-15(22)12-5-3-11(9-17)4-6-12/h3-6H,7-8,10H2,1-2H3,(H,18,19,22). The maximum absolute atomic E-state index is 12.3. The number of hydrogen-bond acceptors (Lipinski definition) is 6. The summed E-state index contributed by atoms with van der Waals surface area (Å²) in [5.74, 6) is -0.321. The van der Waals surface area contributed by atoms with E-state index < -0.39 is 10.2 Å². The number of nitrogens with one attached hydrogen (secondary N) is 1. The van der Waals surface area contributed by atoms with Crippen molar-refractivity contribution in [2.75, 3.05) is 26.0 Å². The number of amides is 1. The summed E-state index contributed by atoms with van der Waals surface area (Å²) in [6.07, 6.45) is 0.506. The molecule has 0 radical (unpaired) electrons. The predicted molar refractivity (Wildman–Crippen MR) is 97.9 cm³/mol. The Kier molecular flexibility index (Phi) is 5.06. The molecule has 0 unspecified atom stereocenters.